The molecule has 2 saturated heterocycles. The zero-order chi connectivity index (χ0) is 19.4. The van der Waals surface area contributed by atoms with E-state index in [0.717, 1.165) is 5.56 Å². The monoisotopic (exact) mass is 540 g/mol. The van der Waals surface area contributed by atoms with Crippen molar-refractivity contribution in [1.29, 1.82) is 0 Å². The molecule has 1 N–H and O–H groups in total. The Hall–Kier alpha value is -1.07. The third kappa shape index (κ3) is 6.21. The maximum absolute atomic E-state index is 12.5. The van der Waals surface area contributed by atoms with Crippen molar-refractivity contribution >= 4 is 57.3 Å². The fraction of sp³-hybridized carbons (Fsp3) is 0.556. The van der Waals surface area contributed by atoms with Crippen LogP contribution in [0.25, 0.3) is 0 Å². The number of nitrogens with one attached hydrogen (secondary N) is 1. The molecule has 1 amide bonds. The molecule has 1 atom stereocenters. The van der Waals surface area contributed by atoms with Gasteiger partial charge in [0.15, 0.2) is 15.8 Å². The largest absolute Gasteiger partial charge is 0.356 e. The summed E-state index contributed by atoms with van der Waals surface area (Å²) in [4.78, 5) is 20.5. The van der Waals surface area contributed by atoms with Crippen LogP contribution in [0.4, 0.5) is 0 Å². The van der Waals surface area contributed by atoms with E-state index in [0.29, 0.717) is 43.6 Å². The lowest BCUT2D eigenvalue weighted by atomic mass is 10.1. The Morgan fingerprint density at radius 1 is 1.29 bits per heavy atom. The molecular weight excluding hydrogens is 515 g/mol. The minimum absolute atomic E-state index is 0. The van der Waals surface area contributed by atoms with Crippen molar-refractivity contribution in [3.63, 3.8) is 0 Å². The van der Waals surface area contributed by atoms with Crippen molar-refractivity contribution in [2.24, 2.45) is 10.9 Å². The highest BCUT2D eigenvalue weighted by atomic mass is 127. The molecule has 0 bridgehead atoms. The van der Waals surface area contributed by atoms with Crippen LogP contribution in [0.1, 0.15) is 12.0 Å². The molecule has 2 aliphatic heterocycles. The van der Waals surface area contributed by atoms with Gasteiger partial charge in [0.25, 0.3) is 0 Å². The number of hydrogen-bond acceptors (Lipinski definition) is 4. The smallest absolute Gasteiger partial charge is 0.242 e. The van der Waals surface area contributed by atoms with E-state index in [1.807, 2.05) is 34.1 Å². The molecule has 1 aromatic carbocycles. The van der Waals surface area contributed by atoms with Gasteiger partial charge in [-0.1, -0.05) is 23.7 Å². The second-order valence-corrected chi connectivity index (χ2v) is 9.73. The maximum Gasteiger partial charge on any atom is 0.242 e. The van der Waals surface area contributed by atoms with Gasteiger partial charge in [-0.2, -0.15) is 0 Å². The average Bonchev–Trinajstić information content (AvgIpc) is 2.98. The van der Waals surface area contributed by atoms with Gasteiger partial charge in [-0.3, -0.25) is 9.79 Å². The van der Waals surface area contributed by atoms with Crippen molar-refractivity contribution in [3.8, 4) is 0 Å². The van der Waals surface area contributed by atoms with E-state index in [1.165, 1.54) is 0 Å². The molecule has 3 rings (SSSR count). The molecule has 2 heterocycles. The highest BCUT2D eigenvalue weighted by molar-refractivity contribution is 14.0. The summed E-state index contributed by atoms with van der Waals surface area (Å²) in [5.41, 5.74) is 1.05. The Kier molecular flexibility index (Phi) is 8.38. The molecule has 156 valence electrons. The fourth-order valence-electron chi connectivity index (χ4n) is 3.47. The molecule has 0 aliphatic carbocycles. The predicted molar refractivity (Wildman–Crippen MR) is 122 cm³/mol. The Bertz CT molecular complexity index is 817. The molecular formula is C18H26ClIN4O3S. The third-order valence-corrected chi connectivity index (χ3v) is 7.08. The Morgan fingerprint density at radius 2 is 2.00 bits per heavy atom. The van der Waals surface area contributed by atoms with Gasteiger partial charge >= 0.3 is 0 Å². The first-order chi connectivity index (χ1) is 12.9. The molecule has 1 unspecified atom stereocenters. The first-order valence-electron chi connectivity index (χ1n) is 9.04. The average molecular weight is 541 g/mol. The second kappa shape index (κ2) is 10.1. The van der Waals surface area contributed by atoms with Crippen LogP contribution in [0.3, 0.4) is 0 Å². The SMILES string of the molecule is CN=C(NCC1CCS(=O)(=O)C1)N1CCN(Cc2ccc(Cl)cc2)C(=O)C1.I. The second-order valence-electron chi connectivity index (χ2n) is 7.06. The van der Waals surface area contributed by atoms with Crippen LogP contribution < -0.4 is 5.32 Å². The molecule has 0 radical (unpaired) electrons. The summed E-state index contributed by atoms with van der Waals surface area (Å²) in [6, 6.07) is 7.51. The summed E-state index contributed by atoms with van der Waals surface area (Å²) in [7, 11) is -1.21. The molecule has 0 saturated carbocycles. The molecule has 1 aromatic rings. The van der Waals surface area contributed by atoms with E-state index < -0.39 is 9.84 Å². The lowest BCUT2D eigenvalue weighted by Gasteiger charge is -2.36. The highest BCUT2D eigenvalue weighted by Crippen LogP contribution is 2.18. The first kappa shape index (κ1) is 23.2. The molecule has 7 nitrogen and oxygen atoms in total. The molecule has 2 fully saturated rings. The summed E-state index contributed by atoms with van der Waals surface area (Å²) >= 11 is 5.90. The van der Waals surface area contributed by atoms with Crippen molar-refractivity contribution < 1.29 is 13.2 Å². The minimum Gasteiger partial charge on any atom is -0.356 e. The summed E-state index contributed by atoms with van der Waals surface area (Å²) in [5, 5.41) is 3.92. The summed E-state index contributed by atoms with van der Waals surface area (Å²) < 4.78 is 23.2. The van der Waals surface area contributed by atoms with Crippen LogP contribution in [-0.4, -0.2) is 74.8 Å². The number of benzene rings is 1. The van der Waals surface area contributed by atoms with E-state index in [-0.39, 0.29) is 53.9 Å². The number of amides is 1. The third-order valence-electron chi connectivity index (χ3n) is 4.99. The zero-order valence-electron chi connectivity index (χ0n) is 15.8. The number of piperazine rings is 1. The maximum atomic E-state index is 12.5. The normalized spacial score (nSPS) is 22.1. The topological polar surface area (TPSA) is 82.1 Å². The van der Waals surface area contributed by atoms with Gasteiger partial charge in [-0.05, 0) is 30.0 Å². The fourth-order valence-corrected chi connectivity index (χ4v) is 5.46. The number of carbonyl (C=O) groups is 1. The molecule has 0 spiro atoms. The molecule has 0 aromatic heterocycles. The number of guanidine groups is 1. The Labute approximate surface area is 188 Å². The number of carbonyl (C=O) groups excluding carboxylic acids is 1. The molecule has 28 heavy (non-hydrogen) atoms. The number of hydrogen-bond donors (Lipinski definition) is 1. The lowest BCUT2D eigenvalue weighted by molar-refractivity contribution is -0.135. The molecule has 2 aliphatic rings. The van der Waals surface area contributed by atoms with Gasteiger partial charge in [0.1, 0.15) is 0 Å². The number of halogens is 2. The van der Waals surface area contributed by atoms with Crippen LogP contribution in [0.5, 0.6) is 0 Å². The summed E-state index contributed by atoms with van der Waals surface area (Å²) in [5.74, 6) is 1.29. The van der Waals surface area contributed by atoms with E-state index in [9.17, 15) is 13.2 Å². The van der Waals surface area contributed by atoms with Crippen LogP contribution in [0, 0.1) is 5.92 Å². The Morgan fingerprint density at radius 3 is 2.57 bits per heavy atom. The minimum atomic E-state index is -2.89. The predicted octanol–water partition coefficient (Wildman–Crippen LogP) is 1.61. The van der Waals surface area contributed by atoms with Crippen molar-refractivity contribution in [2.45, 2.75) is 13.0 Å². The van der Waals surface area contributed by atoms with Crippen molar-refractivity contribution in [1.82, 2.24) is 15.1 Å². The van der Waals surface area contributed by atoms with E-state index in [4.69, 9.17) is 11.6 Å². The van der Waals surface area contributed by atoms with Crippen LogP contribution in [0.2, 0.25) is 5.02 Å². The van der Waals surface area contributed by atoms with Crippen LogP contribution in [0.15, 0.2) is 29.3 Å². The van der Waals surface area contributed by atoms with Gasteiger partial charge in [0, 0.05) is 38.2 Å². The van der Waals surface area contributed by atoms with Gasteiger partial charge < -0.3 is 15.1 Å². The van der Waals surface area contributed by atoms with Gasteiger partial charge in [0.2, 0.25) is 5.91 Å². The van der Waals surface area contributed by atoms with E-state index in [1.54, 1.807) is 7.05 Å². The quantitative estimate of drug-likeness (QED) is 0.357. The Balaban J connectivity index is 0.00000280. The zero-order valence-corrected chi connectivity index (χ0v) is 19.7. The number of aliphatic imine (C=N–C) groups is 1. The van der Waals surface area contributed by atoms with E-state index >= 15 is 0 Å². The summed E-state index contributed by atoms with van der Waals surface area (Å²) in [6.45, 7) is 2.68. The van der Waals surface area contributed by atoms with Gasteiger partial charge in [-0.25, -0.2) is 8.42 Å². The van der Waals surface area contributed by atoms with Crippen LogP contribution in [-0.2, 0) is 21.2 Å². The lowest BCUT2D eigenvalue weighted by Crippen LogP contribution is -2.55. The molecule has 10 heteroatoms. The van der Waals surface area contributed by atoms with Crippen LogP contribution >= 0.6 is 35.6 Å². The summed E-state index contributed by atoms with van der Waals surface area (Å²) in [6.07, 6.45) is 0.681. The number of sulfone groups is 1. The number of rotatable bonds is 4. The first-order valence-corrected chi connectivity index (χ1v) is 11.2. The number of nitrogens with zero attached hydrogens (tertiary/aromatic N) is 3. The van der Waals surface area contributed by atoms with Crippen molar-refractivity contribution in [2.75, 3.05) is 44.7 Å². The standard InChI is InChI=1S/C18H25ClN4O3S.HI/c1-20-18(21-10-15-6-9-27(25,26)13-15)23-8-7-22(17(24)12-23)11-14-2-4-16(19)5-3-14;/h2-5,15H,6-13H2,1H3,(H,20,21);1H. The van der Waals surface area contributed by atoms with E-state index in [2.05, 4.69) is 10.3 Å². The van der Waals surface area contributed by atoms with Gasteiger partial charge in [0.05, 0.1) is 18.1 Å². The highest BCUT2D eigenvalue weighted by Gasteiger charge is 2.29. The van der Waals surface area contributed by atoms with Crippen molar-refractivity contribution in [3.05, 3.63) is 34.9 Å². The van der Waals surface area contributed by atoms with Gasteiger partial charge in [-0.15, -0.1) is 24.0 Å².